The number of hydrogen-bond donors (Lipinski definition) is 0. The van der Waals surface area contributed by atoms with Crippen molar-refractivity contribution in [1.29, 1.82) is 5.26 Å². The van der Waals surface area contributed by atoms with Crippen molar-refractivity contribution < 1.29 is 9.72 Å². The Balaban J connectivity index is 2.51. The van der Waals surface area contributed by atoms with Crippen molar-refractivity contribution in [1.82, 2.24) is 0 Å². The molecule has 2 aromatic carbocycles. The van der Waals surface area contributed by atoms with Gasteiger partial charge in [0.05, 0.1) is 11.0 Å². The van der Waals surface area contributed by atoms with E-state index in [9.17, 15) is 14.9 Å². The Morgan fingerprint density at radius 1 is 1.27 bits per heavy atom. The van der Waals surface area contributed by atoms with E-state index < -0.39 is 10.8 Å². The maximum atomic E-state index is 12.6. The van der Waals surface area contributed by atoms with Crippen molar-refractivity contribution in [3.63, 3.8) is 0 Å². The number of carbonyl (C=O) groups is 1. The third kappa shape index (κ3) is 3.22. The SMILES string of the molecule is N#CCN(C(=O)c1cc(Cl)ccc1[N+](=O)[O-])c1ccccc1. The highest BCUT2D eigenvalue weighted by molar-refractivity contribution is 6.31. The lowest BCUT2D eigenvalue weighted by atomic mass is 10.1. The molecule has 0 atom stereocenters. The minimum Gasteiger partial charge on any atom is -0.294 e. The maximum absolute atomic E-state index is 12.6. The van der Waals surface area contributed by atoms with Crippen molar-refractivity contribution >= 4 is 28.9 Å². The van der Waals surface area contributed by atoms with Crippen LogP contribution in [0.3, 0.4) is 0 Å². The predicted octanol–water partition coefficient (Wildman–Crippen LogP) is 3.42. The molecule has 0 radical (unpaired) electrons. The van der Waals surface area contributed by atoms with Crippen LogP contribution in [0.5, 0.6) is 0 Å². The molecule has 0 aliphatic heterocycles. The summed E-state index contributed by atoms with van der Waals surface area (Å²) in [5, 5.41) is 20.2. The summed E-state index contributed by atoms with van der Waals surface area (Å²) in [5.41, 5.74) is -0.0341. The maximum Gasteiger partial charge on any atom is 0.282 e. The molecule has 0 N–H and O–H groups in total. The lowest BCUT2D eigenvalue weighted by molar-refractivity contribution is -0.385. The normalized spacial score (nSPS) is 9.82. The van der Waals surface area contributed by atoms with Gasteiger partial charge in [-0.05, 0) is 24.3 Å². The molecule has 0 aliphatic rings. The number of para-hydroxylation sites is 1. The van der Waals surface area contributed by atoms with Gasteiger partial charge < -0.3 is 0 Å². The number of halogens is 1. The summed E-state index contributed by atoms with van der Waals surface area (Å²) in [6.07, 6.45) is 0. The molecule has 0 fully saturated rings. The second kappa shape index (κ2) is 6.70. The van der Waals surface area contributed by atoms with Crippen molar-refractivity contribution in [2.45, 2.75) is 0 Å². The Morgan fingerprint density at radius 2 is 1.95 bits per heavy atom. The number of anilines is 1. The van der Waals surface area contributed by atoms with E-state index in [1.54, 1.807) is 30.3 Å². The number of nitro groups is 1. The smallest absolute Gasteiger partial charge is 0.282 e. The van der Waals surface area contributed by atoms with Crippen molar-refractivity contribution in [3.8, 4) is 6.07 Å². The number of nitriles is 1. The summed E-state index contributed by atoms with van der Waals surface area (Å²) in [6, 6.07) is 14.1. The molecule has 2 aromatic rings. The second-order valence-corrected chi connectivity index (χ2v) is 4.74. The van der Waals surface area contributed by atoms with Crippen LogP contribution < -0.4 is 4.90 Å². The van der Waals surface area contributed by atoms with E-state index in [1.165, 1.54) is 23.1 Å². The monoisotopic (exact) mass is 315 g/mol. The summed E-state index contributed by atoms with van der Waals surface area (Å²) in [5.74, 6) is -0.651. The van der Waals surface area contributed by atoms with Crippen LogP contribution in [0, 0.1) is 21.4 Å². The minimum atomic E-state index is -0.654. The van der Waals surface area contributed by atoms with Crippen LogP contribution >= 0.6 is 11.6 Å². The molecule has 0 heterocycles. The van der Waals surface area contributed by atoms with E-state index in [0.29, 0.717) is 5.69 Å². The Bertz CT molecular complexity index is 756. The molecule has 6 nitrogen and oxygen atoms in total. The molecule has 0 bridgehead atoms. The molecule has 7 heteroatoms. The largest absolute Gasteiger partial charge is 0.294 e. The number of nitro benzene ring substituents is 1. The number of nitrogens with zero attached hydrogens (tertiary/aromatic N) is 3. The summed E-state index contributed by atoms with van der Waals surface area (Å²) in [7, 11) is 0. The Kier molecular flexibility index (Phi) is 4.71. The average Bonchev–Trinajstić information content (AvgIpc) is 2.52. The number of carbonyl (C=O) groups excluding carboxylic acids is 1. The molecular formula is C15H10ClN3O3. The first-order valence-electron chi connectivity index (χ1n) is 6.22. The van der Waals surface area contributed by atoms with E-state index in [-0.39, 0.29) is 22.8 Å². The molecule has 1 amide bonds. The first kappa shape index (κ1) is 15.5. The first-order valence-corrected chi connectivity index (χ1v) is 6.60. The standard InChI is InChI=1S/C15H10ClN3O3/c16-11-6-7-14(19(21)22)13(10-11)15(20)18(9-8-17)12-4-2-1-3-5-12/h1-7,10H,9H2. The molecule has 0 aliphatic carbocycles. The number of rotatable bonds is 4. The fourth-order valence-electron chi connectivity index (χ4n) is 1.94. The van der Waals surface area contributed by atoms with Gasteiger partial charge in [0.25, 0.3) is 11.6 Å². The lowest BCUT2D eigenvalue weighted by Crippen LogP contribution is -2.31. The van der Waals surface area contributed by atoms with Gasteiger partial charge in [0.15, 0.2) is 0 Å². The number of amides is 1. The summed E-state index contributed by atoms with van der Waals surface area (Å²) < 4.78 is 0. The Morgan fingerprint density at radius 3 is 2.55 bits per heavy atom. The molecule has 0 saturated carbocycles. The van der Waals surface area contributed by atoms with Gasteiger partial charge in [0.1, 0.15) is 12.1 Å². The van der Waals surface area contributed by atoms with Gasteiger partial charge in [-0.1, -0.05) is 29.8 Å². The quantitative estimate of drug-likeness (QED) is 0.491. The second-order valence-electron chi connectivity index (χ2n) is 4.30. The minimum absolute atomic E-state index is 0.156. The van der Waals surface area contributed by atoms with Crippen LogP contribution in [0.15, 0.2) is 48.5 Å². The van der Waals surface area contributed by atoms with Crippen molar-refractivity contribution in [2.24, 2.45) is 0 Å². The van der Waals surface area contributed by atoms with Crippen LogP contribution in [0.1, 0.15) is 10.4 Å². The zero-order valence-corrected chi connectivity index (χ0v) is 12.0. The van der Waals surface area contributed by atoms with Gasteiger partial charge in [-0.3, -0.25) is 19.8 Å². The highest BCUT2D eigenvalue weighted by atomic mass is 35.5. The first-order chi connectivity index (χ1) is 10.5. The highest BCUT2D eigenvalue weighted by Crippen LogP contribution is 2.26. The molecule has 22 heavy (non-hydrogen) atoms. The van der Waals surface area contributed by atoms with E-state index in [2.05, 4.69) is 0 Å². The third-order valence-corrected chi connectivity index (χ3v) is 3.16. The molecule has 0 aromatic heterocycles. The third-order valence-electron chi connectivity index (χ3n) is 2.93. The highest BCUT2D eigenvalue weighted by Gasteiger charge is 2.26. The zero-order chi connectivity index (χ0) is 16.1. The van der Waals surface area contributed by atoms with E-state index in [1.807, 2.05) is 6.07 Å². The Labute approximate surface area is 131 Å². The van der Waals surface area contributed by atoms with Crippen LogP contribution in [0.25, 0.3) is 0 Å². The number of benzene rings is 2. The summed E-state index contributed by atoms with van der Waals surface area (Å²) in [6.45, 7) is -0.230. The molecule has 0 unspecified atom stereocenters. The van der Waals surface area contributed by atoms with Gasteiger partial charge in [-0.2, -0.15) is 5.26 Å². The van der Waals surface area contributed by atoms with E-state index >= 15 is 0 Å². The van der Waals surface area contributed by atoms with Crippen molar-refractivity contribution in [2.75, 3.05) is 11.4 Å². The topological polar surface area (TPSA) is 87.2 Å². The molecule has 2 rings (SSSR count). The van der Waals surface area contributed by atoms with Gasteiger partial charge in [0.2, 0.25) is 0 Å². The van der Waals surface area contributed by atoms with Crippen LogP contribution in [0.2, 0.25) is 5.02 Å². The van der Waals surface area contributed by atoms with Crippen LogP contribution in [0.4, 0.5) is 11.4 Å². The van der Waals surface area contributed by atoms with Crippen molar-refractivity contribution in [3.05, 3.63) is 69.2 Å². The predicted molar refractivity (Wildman–Crippen MR) is 81.8 cm³/mol. The zero-order valence-electron chi connectivity index (χ0n) is 11.3. The van der Waals surface area contributed by atoms with E-state index in [0.717, 1.165) is 0 Å². The Hall–Kier alpha value is -2.91. The molecule has 110 valence electrons. The van der Waals surface area contributed by atoms with Crippen LogP contribution in [-0.2, 0) is 0 Å². The number of hydrogen-bond acceptors (Lipinski definition) is 4. The van der Waals surface area contributed by atoms with Gasteiger partial charge in [-0.25, -0.2) is 0 Å². The van der Waals surface area contributed by atoms with Gasteiger partial charge in [0, 0.05) is 16.8 Å². The molecule has 0 spiro atoms. The lowest BCUT2D eigenvalue weighted by Gasteiger charge is -2.19. The fourth-order valence-corrected chi connectivity index (χ4v) is 2.12. The average molecular weight is 316 g/mol. The molecular weight excluding hydrogens is 306 g/mol. The fraction of sp³-hybridized carbons (Fsp3) is 0.0667. The molecule has 0 saturated heterocycles. The summed E-state index contributed by atoms with van der Waals surface area (Å²) in [4.78, 5) is 24.2. The van der Waals surface area contributed by atoms with E-state index in [4.69, 9.17) is 16.9 Å². The van der Waals surface area contributed by atoms with Gasteiger partial charge in [-0.15, -0.1) is 0 Å². The van der Waals surface area contributed by atoms with Crippen LogP contribution in [-0.4, -0.2) is 17.4 Å². The van der Waals surface area contributed by atoms with Gasteiger partial charge >= 0.3 is 0 Å². The summed E-state index contributed by atoms with van der Waals surface area (Å²) >= 11 is 5.83.